The summed E-state index contributed by atoms with van der Waals surface area (Å²) in [5.74, 6) is -0.0787. The van der Waals surface area contributed by atoms with Crippen LogP contribution in [0.4, 0.5) is 0 Å². The largest absolute Gasteiger partial charge is 0.448 e. The summed E-state index contributed by atoms with van der Waals surface area (Å²) in [6.45, 7) is 1.72. The predicted octanol–water partition coefficient (Wildman–Crippen LogP) is 3.35. The highest BCUT2D eigenvalue weighted by molar-refractivity contribution is 7.24. The Morgan fingerprint density at radius 1 is 0.900 bits per heavy atom. The molecule has 3 aromatic rings. The minimum absolute atomic E-state index is 0.0787. The van der Waals surface area contributed by atoms with Crippen molar-refractivity contribution in [2.24, 2.45) is 0 Å². The summed E-state index contributed by atoms with van der Waals surface area (Å²) in [5, 5.41) is 1.64. The summed E-state index contributed by atoms with van der Waals surface area (Å²) < 4.78 is 6.39. The fourth-order valence-corrected chi connectivity index (χ4v) is 2.96. The van der Waals surface area contributed by atoms with E-state index in [-0.39, 0.29) is 17.5 Å². The summed E-state index contributed by atoms with van der Waals surface area (Å²) in [4.78, 5) is 21.8. The molecule has 0 bridgehead atoms. The summed E-state index contributed by atoms with van der Waals surface area (Å²) in [6, 6.07) is 15.5. The Balaban J connectivity index is 0.000000205. The van der Waals surface area contributed by atoms with E-state index < -0.39 is 0 Å². The lowest BCUT2D eigenvalue weighted by Crippen LogP contribution is -1.99. The lowest BCUT2D eigenvalue weighted by molar-refractivity contribution is -0.117. The first-order valence-corrected chi connectivity index (χ1v) is 7.09. The van der Waals surface area contributed by atoms with Gasteiger partial charge in [0.25, 0.3) is 0 Å². The lowest BCUT2D eigenvalue weighted by Gasteiger charge is -1.99. The SMILES string of the molecule is CC1OC1=O.O=c1c2ccccc2sc2ccccc12. The van der Waals surface area contributed by atoms with Crippen molar-refractivity contribution in [1.82, 2.24) is 0 Å². The zero-order chi connectivity index (χ0) is 14.1. The van der Waals surface area contributed by atoms with E-state index in [0.717, 1.165) is 20.2 Å². The number of fused-ring (bicyclic) bond motifs is 2. The van der Waals surface area contributed by atoms with Gasteiger partial charge in [0.2, 0.25) is 0 Å². The summed E-state index contributed by atoms with van der Waals surface area (Å²) in [7, 11) is 0. The van der Waals surface area contributed by atoms with Crippen LogP contribution < -0.4 is 5.43 Å². The molecule has 1 aromatic heterocycles. The Labute approximate surface area is 119 Å². The number of carbonyl (C=O) groups is 1. The molecule has 0 radical (unpaired) electrons. The van der Waals surface area contributed by atoms with Crippen LogP contribution in [-0.2, 0) is 9.53 Å². The predicted molar refractivity (Wildman–Crippen MR) is 81.2 cm³/mol. The van der Waals surface area contributed by atoms with Crippen LogP contribution in [0.5, 0.6) is 0 Å². The van der Waals surface area contributed by atoms with Crippen molar-refractivity contribution in [2.75, 3.05) is 0 Å². The van der Waals surface area contributed by atoms with Gasteiger partial charge in [-0.25, -0.2) is 4.79 Å². The van der Waals surface area contributed by atoms with E-state index in [4.69, 9.17) is 0 Å². The third-order valence-corrected chi connectivity index (χ3v) is 4.20. The van der Waals surface area contributed by atoms with Gasteiger partial charge in [0.1, 0.15) is 0 Å². The van der Waals surface area contributed by atoms with E-state index in [1.807, 2.05) is 48.5 Å². The Kier molecular flexibility index (Phi) is 3.24. The van der Waals surface area contributed by atoms with Gasteiger partial charge < -0.3 is 4.74 Å². The van der Waals surface area contributed by atoms with Gasteiger partial charge in [-0.05, 0) is 31.2 Å². The van der Waals surface area contributed by atoms with Crippen LogP contribution in [0.15, 0.2) is 53.3 Å². The first-order valence-electron chi connectivity index (χ1n) is 6.28. The van der Waals surface area contributed by atoms with Gasteiger partial charge in [-0.2, -0.15) is 0 Å². The molecule has 0 saturated carbocycles. The molecule has 1 saturated heterocycles. The van der Waals surface area contributed by atoms with Crippen LogP contribution >= 0.6 is 11.3 Å². The molecule has 100 valence electrons. The molecule has 1 fully saturated rings. The molecule has 4 heteroatoms. The monoisotopic (exact) mass is 284 g/mol. The fraction of sp³-hybridized carbons (Fsp3) is 0.125. The van der Waals surface area contributed by atoms with Crippen molar-refractivity contribution in [1.29, 1.82) is 0 Å². The number of benzene rings is 2. The van der Waals surface area contributed by atoms with Gasteiger partial charge in [-0.15, -0.1) is 11.3 Å². The standard InChI is InChI=1S/C13H8OS.C3H4O2/c14-13-9-5-1-3-7-11(9)15-12-8-4-2-6-10(12)13;1-2-3(4)5-2/h1-8H;2H,1H3. The molecule has 1 aliphatic rings. The summed E-state index contributed by atoms with van der Waals surface area (Å²) in [5.41, 5.74) is 0.139. The third-order valence-electron chi connectivity index (χ3n) is 3.05. The molecule has 0 amide bonds. The first-order chi connectivity index (χ1) is 9.66. The highest BCUT2D eigenvalue weighted by atomic mass is 32.1. The molecular weight excluding hydrogens is 272 g/mol. The maximum Gasteiger partial charge on any atom is 0.347 e. The highest BCUT2D eigenvalue weighted by Gasteiger charge is 2.31. The number of carbonyl (C=O) groups excluding carboxylic acids is 1. The van der Waals surface area contributed by atoms with Crippen molar-refractivity contribution >= 4 is 37.5 Å². The highest BCUT2D eigenvalue weighted by Crippen LogP contribution is 2.23. The van der Waals surface area contributed by atoms with E-state index in [0.29, 0.717) is 0 Å². The molecule has 2 aromatic carbocycles. The van der Waals surface area contributed by atoms with Gasteiger partial charge in [0.05, 0.1) is 0 Å². The Morgan fingerprint density at radius 2 is 1.30 bits per heavy atom. The molecular formula is C16H12O3S. The van der Waals surface area contributed by atoms with Crippen molar-refractivity contribution in [3.63, 3.8) is 0 Å². The van der Waals surface area contributed by atoms with Crippen molar-refractivity contribution < 1.29 is 9.53 Å². The van der Waals surface area contributed by atoms with Crippen LogP contribution in [0.3, 0.4) is 0 Å². The quantitative estimate of drug-likeness (QED) is 0.470. The van der Waals surface area contributed by atoms with E-state index >= 15 is 0 Å². The topological polar surface area (TPSA) is 46.7 Å². The average molecular weight is 284 g/mol. The van der Waals surface area contributed by atoms with E-state index in [1.54, 1.807) is 18.3 Å². The molecule has 1 atom stereocenters. The number of rotatable bonds is 0. The van der Waals surface area contributed by atoms with Crippen LogP contribution in [0.25, 0.3) is 20.2 Å². The third kappa shape index (κ3) is 2.42. The van der Waals surface area contributed by atoms with E-state index in [9.17, 15) is 9.59 Å². The van der Waals surface area contributed by atoms with Gasteiger partial charge in [0.15, 0.2) is 11.5 Å². The van der Waals surface area contributed by atoms with Crippen LogP contribution in [-0.4, -0.2) is 12.1 Å². The molecule has 0 spiro atoms. The second-order valence-corrected chi connectivity index (χ2v) is 5.59. The second-order valence-electron chi connectivity index (χ2n) is 4.50. The molecule has 0 N–H and O–H groups in total. The molecule has 3 nitrogen and oxygen atoms in total. The number of hydrogen-bond acceptors (Lipinski definition) is 4. The van der Waals surface area contributed by atoms with Gasteiger partial charge in [0, 0.05) is 20.2 Å². The van der Waals surface area contributed by atoms with Crippen LogP contribution in [0.2, 0.25) is 0 Å². The van der Waals surface area contributed by atoms with Crippen molar-refractivity contribution in [2.45, 2.75) is 13.0 Å². The number of hydrogen-bond donors (Lipinski definition) is 0. The first kappa shape index (κ1) is 12.8. The van der Waals surface area contributed by atoms with E-state index in [2.05, 4.69) is 4.74 Å². The van der Waals surface area contributed by atoms with Crippen LogP contribution in [0.1, 0.15) is 6.92 Å². The van der Waals surface area contributed by atoms with Gasteiger partial charge >= 0.3 is 5.97 Å². The van der Waals surface area contributed by atoms with Crippen molar-refractivity contribution in [3.8, 4) is 0 Å². The maximum absolute atomic E-state index is 12.1. The van der Waals surface area contributed by atoms with Gasteiger partial charge in [-0.1, -0.05) is 24.3 Å². The van der Waals surface area contributed by atoms with E-state index in [1.165, 1.54) is 0 Å². The Morgan fingerprint density at radius 3 is 1.70 bits per heavy atom. The second kappa shape index (κ2) is 5.06. The minimum atomic E-state index is -0.0880. The Hall–Kier alpha value is -2.20. The molecule has 0 aliphatic carbocycles. The smallest absolute Gasteiger partial charge is 0.347 e. The van der Waals surface area contributed by atoms with Crippen molar-refractivity contribution in [3.05, 3.63) is 58.8 Å². The zero-order valence-corrected chi connectivity index (χ0v) is 11.6. The normalized spacial score (nSPS) is 16.4. The zero-order valence-electron chi connectivity index (χ0n) is 10.8. The Bertz CT molecular complexity index is 794. The average Bonchev–Trinajstić information content (AvgIpc) is 3.13. The van der Waals surface area contributed by atoms with Gasteiger partial charge in [-0.3, -0.25) is 4.79 Å². The molecule has 1 unspecified atom stereocenters. The summed E-state index contributed by atoms with van der Waals surface area (Å²) in [6.07, 6.45) is -0.0880. The summed E-state index contributed by atoms with van der Waals surface area (Å²) >= 11 is 1.67. The molecule has 20 heavy (non-hydrogen) atoms. The molecule has 1 aliphatic heterocycles. The molecule has 2 heterocycles. The lowest BCUT2D eigenvalue weighted by atomic mass is 10.2. The minimum Gasteiger partial charge on any atom is -0.448 e. The maximum atomic E-state index is 12.1. The molecule has 4 rings (SSSR count). The van der Waals surface area contributed by atoms with Crippen LogP contribution in [0, 0.1) is 0 Å². The number of ether oxygens (including phenoxy) is 1. The number of cyclic esters (lactones) is 1. The fourth-order valence-electron chi connectivity index (χ4n) is 1.89. The number of epoxide rings is 1.